The van der Waals surface area contributed by atoms with E-state index in [1.165, 1.54) is 18.2 Å². The minimum absolute atomic E-state index is 0.0261. The van der Waals surface area contributed by atoms with Gasteiger partial charge in [0, 0.05) is 28.4 Å². The van der Waals surface area contributed by atoms with Crippen LogP contribution in [0.1, 0.15) is 38.8 Å². The van der Waals surface area contributed by atoms with Crippen LogP contribution in [-0.2, 0) is 4.79 Å². The molecule has 0 fully saturated rings. The van der Waals surface area contributed by atoms with Gasteiger partial charge in [0.15, 0.2) is 18.2 Å². The topological polar surface area (TPSA) is 91.7 Å². The molecule has 0 heterocycles. The van der Waals surface area contributed by atoms with Crippen molar-refractivity contribution in [2.75, 3.05) is 5.33 Å². The Bertz CT molecular complexity index is 483. The van der Waals surface area contributed by atoms with Crippen LogP contribution in [0.3, 0.4) is 0 Å². The molecule has 0 bridgehead atoms. The first-order chi connectivity index (χ1) is 8.52. The molecule has 0 spiro atoms. The first-order valence-corrected chi connectivity index (χ1v) is 6.23. The lowest BCUT2D eigenvalue weighted by Crippen LogP contribution is -2.17. The van der Waals surface area contributed by atoms with Gasteiger partial charge in [0.1, 0.15) is 0 Å². The number of aliphatic carboxylic acids is 1. The number of carboxylic acid groups (broad SMARTS) is 1. The number of Topliss-reactive ketones (excluding diaryl/α,β-unsaturated/α-hetero) is 1. The van der Waals surface area contributed by atoms with Gasteiger partial charge in [-0.3, -0.25) is 9.59 Å². The second kappa shape index (κ2) is 6.42. The van der Waals surface area contributed by atoms with E-state index in [2.05, 4.69) is 15.9 Å². The molecule has 0 aliphatic rings. The number of halogens is 1. The zero-order chi connectivity index (χ0) is 13.7. The third kappa shape index (κ3) is 3.02. The molecular formula is C12H11BrO5. The fourth-order valence-electron chi connectivity index (χ4n) is 1.58. The van der Waals surface area contributed by atoms with Gasteiger partial charge in [0.05, 0.1) is 0 Å². The summed E-state index contributed by atoms with van der Waals surface area (Å²) < 4.78 is 0. The highest BCUT2D eigenvalue weighted by molar-refractivity contribution is 9.09. The average Bonchev–Trinajstić information content (AvgIpc) is 2.36. The van der Waals surface area contributed by atoms with Crippen molar-refractivity contribution in [3.63, 3.8) is 0 Å². The van der Waals surface area contributed by atoms with Crippen LogP contribution in [0.2, 0.25) is 0 Å². The molecule has 6 heteroatoms. The van der Waals surface area contributed by atoms with Crippen LogP contribution >= 0.6 is 15.9 Å². The van der Waals surface area contributed by atoms with Gasteiger partial charge in [-0.2, -0.15) is 0 Å². The maximum Gasteiger partial charge on any atom is 0.337 e. The number of hydrogen-bond acceptors (Lipinski definition) is 4. The Morgan fingerprint density at radius 1 is 1.39 bits per heavy atom. The largest absolute Gasteiger partial charge is 0.479 e. The fourth-order valence-corrected chi connectivity index (χ4v) is 1.94. The molecular weight excluding hydrogens is 304 g/mol. The minimum atomic E-state index is -1.82. The van der Waals surface area contributed by atoms with Crippen LogP contribution in [0.4, 0.5) is 0 Å². The van der Waals surface area contributed by atoms with Crippen molar-refractivity contribution in [3.8, 4) is 0 Å². The third-order valence-corrected chi connectivity index (χ3v) is 2.78. The molecule has 0 saturated carbocycles. The molecule has 1 unspecified atom stereocenters. The molecule has 0 amide bonds. The highest BCUT2D eigenvalue weighted by atomic mass is 79.9. The van der Waals surface area contributed by atoms with E-state index >= 15 is 0 Å². The Balaban J connectivity index is 3.37. The summed E-state index contributed by atoms with van der Waals surface area (Å²) in [5.74, 6) is -1.85. The molecule has 18 heavy (non-hydrogen) atoms. The molecule has 1 atom stereocenters. The summed E-state index contributed by atoms with van der Waals surface area (Å²) in [5, 5.41) is 18.7. The molecule has 0 aromatic heterocycles. The van der Waals surface area contributed by atoms with E-state index in [0.717, 1.165) is 0 Å². The highest BCUT2D eigenvalue weighted by Crippen LogP contribution is 2.23. The lowest BCUT2D eigenvalue weighted by Gasteiger charge is -2.13. The highest BCUT2D eigenvalue weighted by Gasteiger charge is 2.24. The number of benzene rings is 1. The van der Waals surface area contributed by atoms with Crippen LogP contribution in [0.15, 0.2) is 18.2 Å². The SMILES string of the molecule is O=Cc1cccc(C(O)C(=O)O)c1C(=O)CCBr. The number of aliphatic hydroxyl groups is 1. The van der Waals surface area contributed by atoms with Gasteiger partial charge in [-0.05, 0) is 0 Å². The lowest BCUT2D eigenvalue weighted by atomic mass is 9.93. The molecule has 0 aliphatic carbocycles. The van der Waals surface area contributed by atoms with Crippen molar-refractivity contribution in [1.29, 1.82) is 0 Å². The van der Waals surface area contributed by atoms with Crippen LogP contribution in [-0.4, -0.2) is 33.6 Å². The molecule has 0 saturated heterocycles. The van der Waals surface area contributed by atoms with E-state index in [-0.39, 0.29) is 28.9 Å². The van der Waals surface area contributed by atoms with Crippen molar-refractivity contribution in [2.24, 2.45) is 0 Å². The van der Waals surface area contributed by atoms with E-state index in [0.29, 0.717) is 11.6 Å². The van der Waals surface area contributed by atoms with Crippen LogP contribution in [0.5, 0.6) is 0 Å². The van der Waals surface area contributed by atoms with Gasteiger partial charge >= 0.3 is 5.97 Å². The van der Waals surface area contributed by atoms with Gasteiger partial charge in [0.2, 0.25) is 0 Å². The smallest absolute Gasteiger partial charge is 0.337 e. The fraction of sp³-hybridized carbons (Fsp3) is 0.250. The number of carboxylic acids is 1. The van der Waals surface area contributed by atoms with E-state index in [1.54, 1.807) is 0 Å². The van der Waals surface area contributed by atoms with E-state index < -0.39 is 12.1 Å². The van der Waals surface area contributed by atoms with Crippen molar-refractivity contribution in [1.82, 2.24) is 0 Å². The number of rotatable bonds is 6. The van der Waals surface area contributed by atoms with Crippen molar-refractivity contribution < 1.29 is 24.6 Å². The monoisotopic (exact) mass is 314 g/mol. The number of aldehydes is 1. The van der Waals surface area contributed by atoms with Crippen LogP contribution in [0.25, 0.3) is 0 Å². The lowest BCUT2D eigenvalue weighted by molar-refractivity contribution is -0.146. The maximum atomic E-state index is 11.9. The van der Waals surface area contributed by atoms with E-state index in [9.17, 15) is 19.5 Å². The van der Waals surface area contributed by atoms with Crippen molar-refractivity contribution >= 4 is 34.0 Å². The maximum absolute atomic E-state index is 11.9. The van der Waals surface area contributed by atoms with Crippen LogP contribution < -0.4 is 0 Å². The Morgan fingerprint density at radius 2 is 2.06 bits per heavy atom. The molecule has 0 aliphatic heterocycles. The molecule has 5 nitrogen and oxygen atoms in total. The number of aliphatic hydroxyl groups excluding tert-OH is 1. The third-order valence-electron chi connectivity index (χ3n) is 2.38. The summed E-state index contributed by atoms with van der Waals surface area (Å²) in [7, 11) is 0. The summed E-state index contributed by atoms with van der Waals surface area (Å²) in [6.45, 7) is 0. The quantitative estimate of drug-likeness (QED) is 0.472. The first kappa shape index (κ1) is 14.5. The zero-order valence-corrected chi connectivity index (χ0v) is 10.9. The predicted octanol–water partition coefficient (Wildman–Crippen LogP) is 1.58. The summed E-state index contributed by atoms with van der Waals surface area (Å²) in [6, 6.07) is 4.16. The standard InChI is InChI=1S/C12H11BrO5/c13-5-4-9(15)10-7(6-14)2-1-3-8(10)11(16)12(17)18/h1-3,6,11,16H,4-5H2,(H,17,18). The van der Waals surface area contributed by atoms with Gasteiger partial charge < -0.3 is 10.2 Å². The summed E-state index contributed by atoms with van der Waals surface area (Å²) in [5.41, 5.74) is -0.00125. The molecule has 1 rings (SSSR count). The Hall–Kier alpha value is -1.53. The van der Waals surface area contributed by atoms with Gasteiger partial charge in [0.25, 0.3) is 0 Å². The first-order valence-electron chi connectivity index (χ1n) is 5.11. The van der Waals surface area contributed by atoms with E-state index in [4.69, 9.17) is 5.11 Å². The van der Waals surface area contributed by atoms with Crippen molar-refractivity contribution in [3.05, 3.63) is 34.9 Å². The van der Waals surface area contributed by atoms with Crippen LogP contribution in [0, 0.1) is 0 Å². The molecule has 1 aromatic carbocycles. The second-order valence-corrected chi connectivity index (χ2v) is 4.33. The Morgan fingerprint density at radius 3 is 2.56 bits per heavy atom. The molecule has 2 N–H and O–H groups in total. The number of carbonyl (C=O) groups excluding carboxylic acids is 2. The summed E-state index contributed by atoms with van der Waals surface area (Å²) >= 11 is 3.10. The average molecular weight is 315 g/mol. The molecule has 96 valence electrons. The van der Waals surface area contributed by atoms with Gasteiger partial charge in [-0.15, -0.1) is 0 Å². The number of alkyl halides is 1. The van der Waals surface area contributed by atoms with Gasteiger partial charge in [-0.25, -0.2) is 4.79 Å². The minimum Gasteiger partial charge on any atom is -0.479 e. The molecule has 0 radical (unpaired) electrons. The number of hydrogen-bond donors (Lipinski definition) is 2. The predicted molar refractivity (Wildman–Crippen MR) is 67.2 cm³/mol. The normalized spacial score (nSPS) is 11.9. The second-order valence-electron chi connectivity index (χ2n) is 3.53. The van der Waals surface area contributed by atoms with E-state index in [1.807, 2.05) is 0 Å². The zero-order valence-electron chi connectivity index (χ0n) is 9.30. The Labute approximate surface area is 112 Å². The van der Waals surface area contributed by atoms with Gasteiger partial charge in [-0.1, -0.05) is 34.1 Å². The Kier molecular flexibility index (Phi) is 5.18. The molecule has 1 aromatic rings. The van der Waals surface area contributed by atoms with Crippen molar-refractivity contribution in [2.45, 2.75) is 12.5 Å². The number of carbonyl (C=O) groups is 3. The summed E-state index contributed by atoms with van der Waals surface area (Å²) in [6.07, 6.45) is -1.23. The number of ketones is 1. The summed E-state index contributed by atoms with van der Waals surface area (Å²) in [4.78, 5) is 33.5.